The van der Waals surface area contributed by atoms with E-state index in [1.54, 1.807) is 13.0 Å². The van der Waals surface area contributed by atoms with Gasteiger partial charge in [0.15, 0.2) is 0 Å². The van der Waals surface area contributed by atoms with Crippen LogP contribution < -0.4 is 4.74 Å². The summed E-state index contributed by atoms with van der Waals surface area (Å²) in [5, 5.41) is 0. The fourth-order valence-corrected chi connectivity index (χ4v) is 1.79. The van der Waals surface area contributed by atoms with Gasteiger partial charge in [0, 0.05) is 5.56 Å². The molecule has 0 saturated heterocycles. The quantitative estimate of drug-likeness (QED) is 0.719. The minimum atomic E-state index is -4.78. The maximum absolute atomic E-state index is 13.2. The SMILES string of the molecule is Cc1ccc(F)cc1-c1ccccc1OC(F)(F)F. The zero-order valence-corrected chi connectivity index (χ0v) is 9.96. The molecule has 0 aromatic heterocycles. The summed E-state index contributed by atoms with van der Waals surface area (Å²) in [5.74, 6) is -0.855. The highest BCUT2D eigenvalue weighted by Crippen LogP contribution is 2.35. The fourth-order valence-electron chi connectivity index (χ4n) is 1.79. The Hall–Kier alpha value is -2.04. The summed E-state index contributed by atoms with van der Waals surface area (Å²) in [5.41, 5.74) is 1.25. The molecule has 0 fully saturated rings. The van der Waals surface area contributed by atoms with Crippen LogP contribution >= 0.6 is 0 Å². The third-order valence-electron chi connectivity index (χ3n) is 2.60. The molecule has 2 aromatic rings. The molecule has 5 heteroatoms. The second-order valence-electron chi connectivity index (χ2n) is 4.00. The zero-order chi connectivity index (χ0) is 14.0. The third-order valence-corrected chi connectivity index (χ3v) is 2.60. The van der Waals surface area contributed by atoms with Gasteiger partial charge in [-0.05, 0) is 36.2 Å². The number of ether oxygens (including phenoxy) is 1. The van der Waals surface area contributed by atoms with Crippen LogP contribution in [0, 0.1) is 12.7 Å². The summed E-state index contributed by atoms with van der Waals surface area (Å²) in [6, 6.07) is 9.62. The molecule has 0 aliphatic carbocycles. The highest BCUT2D eigenvalue weighted by atomic mass is 19.4. The van der Waals surface area contributed by atoms with Crippen LogP contribution in [0.1, 0.15) is 5.56 Å². The molecule has 0 aliphatic rings. The first-order valence-electron chi connectivity index (χ1n) is 5.48. The van der Waals surface area contributed by atoms with Crippen LogP contribution in [0.25, 0.3) is 11.1 Å². The highest BCUT2D eigenvalue weighted by Gasteiger charge is 2.32. The lowest BCUT2D eigenvalue weighted by molar-refractivity contribution is -0.274. The Morgan fingerprint density at radius 3 is 2.32 bits per heavy atom. The van der Waals surface area contributed by atoms with Gasteiger partial charge in [-0.2, -0.15) is 0 Å². The lowest BCUT2D eigenvalue weighted by atomic mass is 10.00. The molecule has 0 heterocycles. The summed E-state index contributed by atoms with van der Waals surface area (Å²) < 4.78 is 54.2. The van der Waals surface area contributed by atoms with Crippen molar-refractivity contribution in [3.8, 4) is 16.9 Å². The van der Waals surface area contributed by atoms with Crippen molar-refractivity contribution in [3.63, 3.8) is 0 Å². The largest absolute Gasteiger partial charge is 0.573 e. The van der Waals surface area contributed by atoms with E-state index in [0.717, 1.165) is 0 Å². The molecule has 0 atom stereocenters. The first-order valence-corrected chi connectivity index (χ1v) is 5.48. The molecule has 2 rings (SSSR count). The third kappa shape index (κ3) is 3.24. The molecule has 19 heavy (non-hydrogen) atoms. The summed E-state index contributed by atoms with van der Waals surface area (Å²) >= 11 is 0. The van der Waals surface area contributed by atoms with Crippen molar-refractivity contribution in [1.29, 1.82) is 0 Å². The molecule has 0 aliphatic heterocycles. The molecule has 0 N–H and O–H groups in total. The second kappa shape index (κ2) is 4.91. The van der Waals surface area contributed by atoms with Crippen molar-refractivity contribution in [2.75, 3.05) is 0 Å². The van der Waals surface area contributed by atoms with Gasteiger partial charge in [-0.25, -0.2) is 4.39 Å². The number of hydrogen-bond acceptors (Lipinski definition) is 1. The summed E-state index contributed by atoms with van der Waals surface area (Å²) in [4.78, 5) is 0. The van der Waals surface area contributed by atoms with E-state index >= 15 is 0 Å². The van der Waals surface area contributed by atoms with Crippen molar-refractivity contribution in [3.05, 3.63) is 53.8 Å². The zero-order valence-electron chi connectivity index (χ0n) is 9.96. The van der Waals surface area contributed by atoms with Crippen LogP contribution in [0.2, 0.25) is 0 Å². The van der Waals surface area contributed by atoms with Gasteiger partial charge >= 0.3 is 6.36 Å². The van der Waals surface area contributed by atoms with Gasteiger partial charge in [0.1, 0.15) is 11.6 Å². The summed E-state index contributed by atoms with van der Waals surface area (Å²) in [7, 11) is 0. The van der Waals surface area contributed by atoms with E-state index in [9.17, 15) is 17.6 Å². The van der Waals surface area contributed by atoms with Crippen LogP contribution in [-0.4, -0.2) is 6.36 Å². The molecule has 2 aromatic carbocycles. The Balaban J connectivity index is 2.53. The van der Waals surface area contributed by atoms with Crippen LogP contribution in [0.15, 0.2) is 42.5 Å². The van der Waals surface area contributed by atoms with E-state index in [4.69, 9.17) is 0 Å². The number of hydrogen-bond donors (Lipinski definition) is 0. The van der Waals surface area contributed by atoms with E-state index in [0.29, 0.717) is 11.1 Å². The van der Waals surface area contributed by atoms with Crippen molar-refractivity contribution < 1.29 is 22.3 Å². The van der Waals surface area contributed by atoms with Gasteiger partial charge in [-0.15, -0.1) is 13.2 Å². The topological polar surface area (TPSA) is 9.23 Å². The molecular formula is C14H10F4O. The van der Waals surface area contributed by atoms with Crippen LogP contribution in [0.4, 0.5) is 17.6 Å². The van der Waals surface area contributed by atoms with Crippen LogP contribution in [-0.2, 0) is 0 Å². The Morgan fingerprint density at radius 2 is 1.63 bits per heavy atom. The van der Waals surface area contributed by atoms with Crippen molar-refractivity contribution >= 4 is 0 Å². The van der Waals surface area contributed by atoms with Gasteiger partial charge in [-0.1, -0.05) is 24.3 Å². The first-order chi connectivity index (χ1) is 8.87. The second-order valence-corrected chi connectivity index (χ2v) is 4.00. The van der Waals surface area contributed by atoms with Crippen molar-refractivity contribution in [2.24, 2.45) is 0 Å². The smallest absolute Gasteiger partial charge is 0.405 e. The molecule has 100 valence electrons. The molecule has 0 bridgehead atoms. The van der Waals surface area contributed by atoms with Gasteiger partial charge in [-0.3, -0.25) is 0 Å². The molecule has 0 unspecified atom stereocenters. The summed E-state index contributed by atoms with van der Waals surface area (Å²) in [6.07, 6.45) is -4.78. The number of aryl methyl sites for hydroxylation is 1. The Bertz CT molecular complexity index is 590. The minimum Gasteiger partial charge on any atom is -0.405 e. The van der Waals surface area contributed by atoms with E-state index < -0.39 is 12.2 Å². The Labute approximate surface area is 107 Å². The number of halogens is 4. The Kier molecular flexibility index (Phi) is 3.46. The molecule has 0 spiro atoms. The van der Waals surface area contributed by atoms with Gasteiger partial charge in [0.25, 0.3) is 0 Å². The molecule has 1 nitrogen and oxygen atoms in total. The minimum absolute atomic E-state index is 0.205. The average Bonchev–Trinajstić information content (AvgIpc) is 2.31. The fraction of sp³-hybridized carbons (Fsp3) is 0.143. The molecule has 0 radical (unpaired) electrons. The number of benzene rings is 2. The molecule has 0 amide bonds. The van der Waals surface area contributed by atoms with Gasteiger partial charge in [0.05, 0.1) is 0 Å². The monoisotopic (exact) mass is 270 g/mol. The van der Waals surface area contributed by atoms with Gasteiger partial charge < -0.3 is 4.74 Å². The predicted molar refractivity (Wildman–Crippen MR) is 63.3 cm³/mol. The van der Waals surface area contributed by atoms with E-state index in [1.165, 1.54) is 36.4 Å². The standard InChI is InChI=1S/C14H10F4O/c1-9-6-7-10(15)8-12(9)11-4-2-3-5-13(11)19-14(16,17)18/h2-8H,1H3. The average molecular weight is 270 g/mol. The Morgan fingerprint density at radius 1 is 0.947 bits per heavy atom. The van der Waals surface area contributed by atoms with Crippen LogP contribution in [0.3, 0.4) is 0 Å². The normalized spacial score (nSPS) is 11.4. The summed E-state index contributed by atoms with van der Waals surface area (Å²) in [6.45, 7) is 1.69. The van der Waals surface area contributed by atoms with Crippen molar-refractivity contribution in [1.82, 2.24) is 0 Å². The number of para-hydroxylation sites is 1. The van der Waals surface area contributed by atoms with E-state index in [-0.39, 0.29) is 11.3 Å². The molecule has 0 saturated carbocycles. The number of rotatable bonds is 2. The first kappa shape index (κ1) is 13.4. The lowest BCUT2D eigenvalue weighted by Gasteiger charge is -2.14. The maximum Gasteiger partial charge on any atom is 0.573 e. The maximum atomic E-state index is 13.2. The number of alkyl halides is 3. The van der Waals surface area contributed by atoms with Crippen molar-refractivity contribution in [2.45, 2.75) is 13.3 Å². The highest BCUT2D eigenvalue weighted by molar-refractivity contribution is 5.73. The predicted octanol–water partition coefficient (Wildman–Crippen LogP) is 4.70. The lowest BCUT2D eigenvalue weighted by Crippen LogP contribution is -2.17. The molecular weight excluding hydrogens is 260 g/mol. The van der Waals surface area contributed by atoms with Crippen LogP contribution in [0.5, 0.6) is 5.75 Å². The van der Waals surface area contributed by atoms with E-state index in [1.807, 2.05) is 0 Å². The van der Waals surface area contributed by atoms with Gasteiger partial charge in [0.2, 0.25) is 0 Å². The van der Waals surface area contributed by atoms with E-state index in [2.05, 4.69) is 4.74 Å².